The van der Waals surface area contributed by atoms with Gasteiger partial charge in [-0.05, 0) is 5.56 Å². The largest absolute Gasteiger partial charge is 0.297 e. The highest BCUT2D eigenvalue weighted by molar-refractivity contribution is 5.32. The maximum absolute atomic E-state index is 10.5. The van der Waals surface area contributed by atoms with Crippen LogP contribution >= 0.6 is 0 Å². The Labute approximate surface area is 111 Å². The molecule has 1 aromatic carbocycles. The van der Waals surface area contributed by atoms with Gasteiger partial charge in [-0.2, -0.15) is 10.5 Å². The molecule has 6 nitrogen and oxygen atoms in total. The lowest BCUT2D eigenvalue weighted by Gasteiger charge is -2.19. The van der Waals surface area contributed by atoms with Gasteiger partial charge in [0.05, 0.1) is 17.1 Å². The number of non-ortho nitro benzene ring substituents is 1. The lowest BCUT2D eigenvalue weighted by atomic mass is 10.2. The predicted octanol–water partition coefficient (Wildman–Crippen LogP) is 2.22. The fourth-order valence-corrected chi connectivity index (χ4v) is 1.67. The molecule has 0 aliphatic rings. The lowest BCUT2D eigenvalue weighted by molar-refractivity contribution is -0.384. The third-order valence-corrected chi connectivity index (χ3v) is 2.63. The van der Waals surface area contributed by atoms with Crippen LogP contribution in [0.25, 0.3) is 0 Å². The van der Waals surface area contributed by atoms with E-state index in [4.69, 9.17) is 10.5 Å². The average molecular weight is 258 g/mol. The van der Waals surface area contributed by atoms with E-state index in [1.54, 1.807) is 12.1 Å². The molecule has 0 spiro atoms. The molecule has 1 rings (SSSR count). The summed E-state index contributed by atoms with van der Waals surface area (Å²) in [6, 6.07) is 10.5. The molecule has 6 heteroatoms. The van der Waals surface area contributed by atoms with Gasteiger partial charge in [-0.3, -0.25) is 15.0 Å². The third-order valence-electron chi connectivity index (χ3n) is 2.63. The number of nitro groups is 1. The van der Waals surface area contributed by atoms with Crippen LogP contribution in [0.15, 0.2) is 24.3 Å². The van der Waals surface area contributed by atoms with Crippen molar-refractivity contribution in [1.29, 1.82) is 10.5 Å². The molecule has 0 fully saturated rings. The Morgan fingerprint density at radius 3 is 2.05 bits per heavy atom. The first kappa shape index (κ1) is 14.6. The van der Waals surface area contributed by atoms with Crippen LogP contribution in [-0.2, 0) is 6.54 Å². The predicted molar refractivity (Wildman–Crippen MR) is 68.8 cm³/mol. The summed E-state index contributed by atoms with van der Waals surface area (Å²) >= 11 is 0. The number of hydrogen-bond donors (Lipinski definition) is 0. The van der Waals surface area contributed by atoms with Crippen LogP contribution in [0.4, 0.5) is 5.69 Å². The maximum atomic E-state index is 10.5. The molecule has 0 amide bonds. The van der Waals surface area contributed by atoms with Crippen molar-refractivity contribution in [3.8, 4) is 12.1 Å². The van der Waals surface area contributed by atoms with Gasteiger partial charge in [0.1, 0.15) is 0 Å². The third kappa shape index (κ3) is 5.15. The smallest absolute Gasteiger partial charge is 0.269 e. The molecular weight excluding hydrogens is 244 g/mol. The minimum Gasteiger partial charge on any atom is -0.297 e. The first-order valence-electron chi connectivity index (χ1n) is 5.87. The Kier molecular flexibility index (Phi) is 6.00. The fourth-order valence-electron chi connectivity index (χ4n) is 1.67. The number of benzene rings is 1. The molecule has 0 N–H and O–H groups in total. The molecule has 98 valence electrons. The molecule has 0 unspecified atom stereocenters. The summed E-state index contributed by atoms with van der Waals surface area (Å²) in [5.41, 5.74) is 0.992. The average Bonchev–Trinajstić information content (AvgIpc) is 2.42. The second kappa shape index (κ2) is 7.80. The van der Waals surface area contributed by atoms with Crippen molar-refractivity contribution >= 4 is 5.69 Å². The van der Waals surface area contributed by atoms with E-state index in [1.807, 2.05) is 4.90 Å². The van der Waals surface area contributed by atoms with E-state index >= 15 is 0 Å². The van der Waals surface area contributed by atoms with E-state index in [0.29, 0.717) is 32.5 Å². The van der Waals surface area contributed by atoms with Gasteiger partial charge in [0.2, 0.25) is 0 Å². The van der Waals surface area contributed by atoms with Crippen molar-refractivity contribution in [2.45, 2.75) is 19.4 Å². The summed E-state index contributed by atoms with van der Waals surface area (Å²) in [6.07, 6.45) is 0.802. The van der Waals surface area contributed by atoms with Crippen LogP contribution < -0.4 is 0 Å². The highest BCUT2D eigenvalue weighted by atomic mass is 16.6. The van der Waals surface area contributed by atoms with Crippen molar-refractivity contribution in [3.05, 3.63) is 39.9 Å². The Bertz CT molecular complexity index is 481. The van der Waals surface area contributed by atoms with Crippen LogP contribution in [0.5, 0.6) is 0 Å². The summed E-state index contributed by atoms with van der Waals surface area (Å²) in [7, 11) is 0. The zero-order valence-electron chi connectivity index (χ0n) is 10.5. The molecule has 0 saturated heterocycles. The molecule has 0 radical (unpaired) electrons. The first-order valence-corrected chi connectivity index (χ1v) is 5.87. The maximum Gasteiger partial charge on any atom is 0.269 e. The van der Waals surface area contributed by atoms with Gasteiger partial charge in [-0.1, -0.05) is 12.1 Å². The molecule has 0 aromatic heterocycles. The number of nitro benzene ring substituents is 1. The normalized spacial score (nSPS) is 9.84. The number of nitriles is 2. The molecule has 0 atom stereocenters. The summed E-state index contributed by atoms with van der Waals surface area (Å²) in [4.78, 5) is 12.1. The van der Waals surface area contributed by atoms with Gasteiger partial charge in [-0.25, -0.2) is 0 Å². The van der Waals surface area contributed by atoms with E-state index in [0.717, 1.165) is 5.56 Å². The number of nitrogens with zero attached hydrogens (tertiary/aromatic N) is 4. The summed E-state index contributed by atoms with van der Waals surface area (Å²) < 4.78 is 0. The van der Waals surface area contributed by atoms with Gasteiger partial charge in [0, 0.05) is 44.6 Å². The van der Waals surface area contributed by atoms with Crippen molar-refractivity contribution in [2.75, 3.05) is 13.1 Å². The molecule has 1 aromatic rings. The molecule has 19 heavy (non-hydrogen) atoms. The molecular formula is C13H14N4O2. The van der Waals surface area contributed by atoms with Crippen LogP contribution in [0.2, 0.25) is 0 Å². The van der Waals surface area contributed by atoms with Crippen molar-refractivity contribution in [1.82, 2.24) is 4.90 Å². The molecule has 0 saturated carbocycles. The molecule has 0 aliphatic carbocycles. The van der Waals surface area contributed by atoms with E-state index in [2.05, 4.69) is 12.1 Å². The Hall–Kier alpha value is -2.44. The van der Waals surface area contributed by atoms with E-state index in [-0.39, 0.29) is 5.69 Å². The highest BCUT2D eigenvalue weighted by Crippen LogP contribution is 2.13. The Balaban J connectivity index is 2.64. The van der Waals surface area contributed by atoms with Crippen molar-refractivity contribution in [3.63, 3.8) is 0 Å². The second-order valence-corrected chi connectivity index (χ2v) is 4.02. The van der Waals surface area contributed by atoms with Crippen LogP contribution in [0, 0.1) is 32.8 Å². The van der Waals surface area contributed by atoms with Gasteiger partial charge >= 0.3 is 0 Å². The van der Waals surface area contributed by atoms with Crippen molar-refractivity contribution in [2.24, 2.45) is 0 Å². The SMILES string of the molecule is N#CCCN(CCC#N)Cc1ccc([N+](=O)[O-])cc1. The van der Waals surface area contributed by atoms with E-state index < -0.39 is 4.92 Å². The minimum absolute atomic E-state index is 0.0596. The standard InChI is InChI=1S/C13H14N4O2/c14-7-1-9-16(10-2-8-15)11-12-3-5-13(6-4-12)17(18)19/h3-6H,1-2,9-11H2. The summed E-state index contributed by atoms with van der Waals surface area (Å²) in [6.45, 7) is 1.77. The van der Waals surface area contributed by atoms with Gasteiger partial charge in [0.25, 0.3) is 5.69 Å². The summed E-state index contributed by atoms with van der Waals surface area (Å²) in [5, 5.41) is 27.7. The van der Waals surface area contributed by atoms with Gasteiger partial charge < -0.3 is 0 Å². The first-order chi connectivity index (χ1) is 9.17. The Morgan fingerprint density at radius 1 is 1.11 bits per heavy atom. The highest BCUT2D eigenvalue weighted by Gasteiger charge is 2.08. The van der Waals surface area contributed by atoms with E-state index in [1.165, 1.54) is 12.1 Å². The zero-order chi connectivity index (χ0) is 14.1. The molecule has 0 bridgehead atoms. The molecule has 0 heterocycles. The Morgan fingerprint density at radius 2 is 1.63 bits per heavy atom. The fraction of sp³-hybridized carbons (Fsp3) is 0.385. The lowest BCUT2D eigenvalue weighted by Crippen LogP contribution is -2.25. The van der Waals surface area contributed by atoms with E-state index in [9.17, 15) is 10.1 Å². The summed E-state index contributed by atoms with van der Waals surface area (Å²) in [5.74, 6) is 0. The quantitative estimate of drug-likeness (QED) is 0.552. The van der Waals surface area contributed by atoms with Crippen LogP contribution in [0.1, 0.15) is 18.4 Å². The topological polar surface area (TPSA) is 94.0 Å². The van der Waals surface area contributed by atoms with Crippen molar-refractivity contribution < 1.29 is 4.92 Å². The number of rotatable bonds is 7. The number of hydrogen-bond acceptors (Lipinski definition) is 5. The van der Waals surface area contributed by atoms with Gasteiger partial charge in [0.15, 0.2) is 0 Å². The van der Waals surface area contributed by atoms with Crippen LogP contribution in [-0.4, -0.2) is 22.9 Å². The van der Waals surface area contributed by atoms with Gasteiger partial charge in [-0.15, -0.1) is 0 Å². The van der Waals surface area contributed by atoms with Crippen LogP contribution in [0.3, 0.4) is 0 Å². The molecule has 0 aliphatic heterocycles. The zero-order valence-corrected chi connectivity index (χ0v) is 10.5. The minimum atomic E-state index is -0.438. The second-order valence-electron chi connectivity index (χ2n) is 4.02. The monoisotopic (exact) mass is 258 g/mol.